The second kappa shape index (κ2) is 5.58. The van der Waals surface area contributed by atoms with Gasteiger partial charge in [0.05, 0.1) is 22.5 Å². The highest BCUT2D eigenvalue weighted by Gasteiger charge is 2.25. The Labute approximate surface area is 124 Å². The van der Waals surface area contributed by atoms with Crippen LogP contribution in [0.5, 0.6) is 0 Å². The van der Waals surface area contributed by atoms with Crippen molar-refractivity contribution < 1.29 is 0 Å². The second-order valence-electron chi connectivity index (χ2n) is 5.54. The summed E-state index contributed by atoms with van der Waals surface area (Å²) in [6.45, 7) is 4.89. The van der Waals surface area contributed by atoms with E-state index in [1.807, 2.05) is 19.9 Å². The van der Waals surface area contributed by atoms with Gasteiger partial charge in [0.25, 0.3) is 0 Å². The molecular formula is C16H20ClN3. The van der Waals surface area contributed by atoms with Gasteiger partial charge in [0.1, 0.15) is 0 Å². The Morgan fingerprint density at radius 1 is 1.30 bits per heavy atom. The first-order chi connectivity index (χ1) is 9.66. The zero-order chi connectivity index (χ0) is 14.1. The first kappa shape index (κ1) is 13.7. The number of aromatic nitrogens is 2. The molecule has 4 heteroatoms. The van der Waals surface area contributed by atoms with Gasteiger partial charge < -0.3 is 5.32 Å². The molecule has 20 heavy (non-hydrogen) atoms. The fourth-order valence-electron chi connectivity index (χ4n) is 2.53. The van der Waals surface area contributed by atoms with Gasteiger partial charge in [-0.2, -0.15) is 5.10 Å². The van der Waals surface area contributed by atoms with Crippen LogP contribution < -0.4 is 5.32 Å². The number of aryl methyl sites for hydroxylation is 1. The molecule has 0 aliphatic heterocycles. The first-order valence-electron chi connectivity index (χ1n) is 7.16. The summed E-state index contributed by atoms with van der Waals surface area (Å²) in [7, 11) is 0. The maximum Gasteiger partial charge on any atom is 0.0896 e. The lowest BCUT2D eigenvalue weighted by Crippen LogP contribution is -2.29. The Balaban J connectivity index is 1.93. The lowest BCUT2D eigenvalue weighted by Gasteiger charge is -2.20. The number of nitrogens with one attached hydrogen (secondary N) is 1. The van der Waals surface area contributed by atoms with E-state index in [2.05, 4.69) is 39.4 Å². The van der Waals surface area contributed by atoms with E-state index >= 15 is 0 Å². The molecule has 1 saturated carbocycles. The number of benzene rings is 1. The zero-order valence-corrected chi connectivity index (χ0v) is 12.7. The van der Waals surface area contributed by atoms with Crippen molar-refractivity contribution in [3.8, 4) is 0 Å². The average Bonchev–Trinajstić information content (AvgIpc) is 3.26. The van der Waals surface area contributed by atoms with Crippen molar-refractivity contribution in [1.29, 1.82) is 0 Å². The molecular weight excluding hydrogens is 270 g/mol. The summed E-state index contributed by atoms with van der Waals surface area (Å²) in [5.74, 6) is 0. The van der Waals surface area contributed by atoms with Crippen LogP contribution in [0.25, 0.3) is 0 Å². The number of hydrogen-bond acceptors (Lipinski definition) is 2. The van der Waals surface area contributed by atoms with Gasteiger partial charge in [-0.15, -0.1) is 0 Å². The van der Waals surface area contributed by atoms with Crippen LogP contribution in [-0.4, -0.2) is 22.4 Å². The fourth-order valence-corrected chi connectivity index (χ4v) is 2.66. The second-order valence-corrected chi connectivity index (χ2v) is 5.92. The van der Waals surface area contributed by atoms with Crippen LogP contribution in [0.1, 0.15) is 35.8 Å². The van der Waals surface area contributed by atoms with Crippen molar-refractivity contribution in [3.05, 3.63) is 52.3 Å². The summed E-state index contributed by atoms with van der Waals surface area (Å²) in [5.41, 5.74) is 3.20. The van der Waals surface area contributed by atoms with Crippen LogP contribution in [0.3, 0.4) is 0 Å². The van der Waals surface area contributed by atoms with E-state index in [1.165, 1.54) is 18.4 Å². The number of hydrogen-bond donors (Lipinski definition) is 1. The third-order valence-electron chi connectivity index (χ3n) is 3.89. The van der Waals surface area contributed by atoms with Crippen molar-refractivity contribution in [2.24, 2.45) is 0 Å². The standard InChI is InChI=1S/C16H20ClN3/c1-11-16(17)12(2)20(19-11)15(10-18-14-8-9-14)13-6-4-3-5-7-13/h3-7,14-15,18H,8-10H2,1-2H3. The van der Waals surface area contributed by atoms with Crippen molar-refractivity contribution in [3.63, 3.8) is 0 Å². The fraction of sp³-hybridized carbons (Fsp3) is 0.438. The number of nitrogens with zero attached hydrogens (tertiary/aromatic N) is 2. The van der Waals surface area contributed by atoms with E-state index in [0.717, 1.165) is 23.0 Å². The maximum absolute atomic E-state index is 6.30. The lowest BCUT2D eigenvalue weighted by molar-refractivity contribution is 0.468. The van der Waals surface area contributed by atoms with Gasteiger partial charge in [0, 0.05) is 12.6 Å². The third-order valence-corrected chi connectivity index (χ3v) is 4.44. The molecule has 1 heterocycles. The van der Waals surface area contributed by atoms with Gasteiger partial charge >= 0.3 is 0 Å². The van der Waals surface area contributed by atoms with E-state index in [9.17, 15) is 0 Å². The molecule has 1 aliphatic carbocycles. The highest BCUT2D eigenvalue weighted by molar-refractivity contribution is 6.31. The van der Waals surface area contributed by atoms with E-state index < -0.39 is 0 Å². The monoisotopic (exact) mass is 289 g/mol. The molecule has 2 aromatic rings. The molecule has 0 amide bonds. The van der Waals surface area contributed by atoms with Crippen LogP contribution in [0.4, 0.5) is 0 Å². The minimum Gasteiger partial charge on any atom is -0.312 e. The summed E-state index contributed by atoms with van der Waals surface area (Å²) in [6, 6.07) is 11.4. The molecule has 1 aromatic heterocycles. The quantitative estimate of drug-likeness (QED) is 0.913. The van der Waals surface area contributed by atoms with E-state index in [0.29, 0.717) is 6.04 Å². The van der Waals surface area contributed by atoms with E-state index in [1.54, 1.807) is 0 Å². The first-order valence-corrected chi connectivity index (χ1v) is 7.54. The van der Waals surface area contributed by atoms with Gasteiger partial charge in [-0.1, -0.05) is 41.9 Å². The van der Waals surface area contributed by atoms with Gasteiger partial charge in [-0.3, -0.25) is 4.68 Å². The molecule has 1 N–H and O–H groups in total. The molecule has 1 aromatic carbocycles. The van der Waals surface area contributed by atoms with Crippen LogP contribution in [0.15, 0.2) is 30.3 Å². The van der Waals surface area contributed by atoms with Gasteiger partial charge in [0.15, 0.2) is 0 Å². The lowest BCUT2D eigenvalue weighted by atomic mass is 10.1. The number of rotatable bonds is 5. The minimum atomic E-state index is 0.197. The third kappa shape index (κ3) is 2.74. The molecule has 1 atom stereocenters. The van der Waals surface area contributed by atoms with Gasteiger partial charge in [-0.05, 0) is 32.3 Å². The molecule has 1 unspecified atom stereocenters. The SMILES string of the molecule is Cc1nn(C(CNC2CC2)c2ccccc2)c(C)c1Cl. The smallest absolute Gasteiger partial charge is 0.0896 e. The van der Waals surface area contributed by atoms with Crippen LogP contribution >= 0.6 is 11.6 Å². The van der Waals surface area contributed by atoms with Gasteiger partial charge in [0.2, 0.25) is 0 Å². The normalized spacial score (nSPS) is 16.4. The zero-order valence-electron chi connectivity index (χ0n) is 11.9. The average molecular weight is 290 g/mol. The topological polar surface area (TPSA) is 29.9 Å². The Morgan fingerprint density at radius 3 is 2.55 bits per heavy atom. The van der Waals surface area contributed by atoms with Crippen molar-refractivity contribution in [2.45, 2.75) is 38.8 Å². The number of halogens is 1. The van der Waals surface area contributed by atoms with Crippen molar-refractivity contribution in [1.82, 2.24) is 15.1 Å². The largest absolute Gasteiger partial charge is 0.312 e. The van der Waals surface area contributed by atoms with E-state index in [4.69, 9.17) is 11.6 Å². The molecule has 3 nitrogen and oxygen atoms in total. The van der Waals surface area contributed by atoms with Crippen LogP contribution in [-0.2, 0) is 0 Å². The summed E-state index contributed by atoms with van der Waals surface area (Å²) in [6.07, 6.45) is 2.58. The van der Waals surface area contributed by atoms with Crippen LogP contribution in [0, 0.1) is 13.8 Å². The molecule has 1 fully saturated rings. The summed E-state index contributed by atoms with van der Waals surface area (Å²) >= 11 is 6.30. The predicted octanol–water partition coefficient (Wildman–Crippen LogP) is 3.49. The van der Waals surface area contributed by atoms with Crippen molar-refractivity contribution in [2.75, 3.05) is 6.54 Å². The molecule has 0 bridgehead atoms. The molecule has 3 rings (SSSR count). The summed E-state index contributed by atoms with van der Waals surface area (Å²) in [5, 5.41) is 9.01. The Morgan fingerprint density at radius 2 is 2.00 bits per heavy atom. The summed E-state index contributed by atoms with van der Waals surface area (Å²) in [4.78, 5) is 0. The van der Waals surface area contributed by atoms with Gasteiger partial charge in [-0.25, -0.2) is 0 Å². The van der Waals surface area contributed by atoms with E-state index in [-0.39, 0.29) is 6.04 Å². The Kier molecular flexibility index (Phi) is 3.81. The maximum atomic E-state index is 6.30. The molecule has 0 saturated heterocycles. The summed E-state index contributed by atoms with van der Waals surface area (Å²) < 4.78 is 2.06. The minimum absolute atomic E-state index is 0.197. The molecule has 106 valence electrons. The molecule has 0 radical (unpaired) electrons. The Bertz CT molecular complexity index is 587. The van der Waals surface area contributed by atoms with Crippen molar-refractivity contribution >= 4 is 11.6 Å². The highest BCUT2D eigenvalue weighted by Crippen LogP contribution is 2.27. The predicted molar refractivity (Wildman–Crippen MR) is 82.3 cm³/mol. The van der Waals surface area contributed by atoms with Crippen LogP contribution in [0.2, 0.25) is 5.02 Å². The highest BCUT2D eigenvalue weighted by atomic mass is 35.5. The Hall–Kier alpha value is -1.32. The molecule has 1 aliphatic rings. The molecule has 0 spiro atoms.